The quantitative estimate of drug-likeness (QED) is 0.672. The zero-order valence-corrected chi connectivity index (χ0v) is 13.1. The molecule has 0 spiro atoms. The van der Waals surface area contributed by atoms with Crippen LogP contribution < -0.4 is 5.32 Å². The minimum Gasteiger partial charge on any atom is -0.480 e. The van der Waals surface area contributed by atoms with E-state index in [1.54, 1.807) is 7.11 Å². The third-order valence-electron chi connectivity index (χ3n) is 3.53. The predicted molar refractivity (Wildman–Crippen MR) is 79.8 cm³/mol. The molecule has 1 saturated carbocycles. The summed E-state index contributed by atoms with van der Waals surface area (Å²) in [6, 6.07) is 0.202. The topological polar surface area (TPSA) is 58.6 Å². The number of methoxy groups -OCH3 is 1. The number of nitrogens with one attached hydrogen (secondary N) is 1. The SMILES string of the molecule is COCCCSC1CCCC(NC(C)C)(C(=O)O)C1. The lowest BCUT2D eigenvalue weighted by Crippen LogP contribution is -2.57. The van der Waals surface area contributed by atoms with Crippen molar-refractivity contribution in [3.05, 3.63) is 0 Å². The fourth-order valence-electron chi connectivity index (χ4n) is 2.76. The lowest BCUT2D eigenvalue weighted by molar-refractivity contribution is -0.146. The van der Waals surface area contributed by atoms with E-state index in [0.29, 0.717) is 5.25 Å². The van der Waals surface area contributed by atoms with Crippen LogP contribution in [0.25, 0.3) is 0 Å². The smallest absolute Gasteiger partial charge is 0.323 e. The van der Waals surface area contributed by atoms with Crippen molar-refractivity contribution in [1.29, 1.82) is 0 Å². The average Bonchev–Trinajstić information content (AvgIpc) is 2.34. The van der Waals surface area contributed by atoms with Crippen LogP contribution in [0.1, 0.15) is 46.0 Å². The van der Waals surface area contributed by atoms with Crippen molar-refractivity contribution in [2.75, 3.05) is 19.5 Å². The molecule has 0 bridgehead atoms. The largest absolute Gasteiger partial charge is 0.480 e. The molecule has 1 aliphatic rings. The lowest BCUT2D eigenvalue weighted by Gasteiger charge is -2.39. The molecule has 1 rings (SSSR count). The second kappa shape index (κ2) is 8.12. The highest BCUT2D eigenvalue weighted by molar-refractivity contribution is 7.99. The van der Waals surface area contributed by atoms with Gasteiger partial charge in [0, 0.05) is 25.0 Å². The first-order chi connectivity index (χ1) is 9.00. The molecule has 0 saturated heterocycles. The predicted octanol–water partition coefficient (Wildman–Crippen LogP) is 2.52. The van der Waals surface area contributed by atoms with Gasteiger partial charge in [0.25, 0.3) is 0 Å². The minimum atomic E-state index is -0.717. The Balaban J connectivity index is 2.51. The van der Waals surface area contributed by atoms with Crippen LogP contribution in [0.2, 0.25) is 0 Å². The molecule has 0 aromatic heterocycles. The Morgan fingerprint density at radius 2 is 2.32 bits per heavy atom. The second-order valence-electron chi connectivity index (χ2n) is 5.62. The van der Waals surface area contributed by atoms with E-state index < -0.39 is 11.5 Å². The highest BCUT2D eigenvalue weighted by atomic mass is 32.2. The highest BCUT2D eigenvalue weighted by Gasteiger charge is 2.43. The number of carbonyl (C=O) groups is 1. The number of hydrogen-bond acceptors (Lipinski definition) is 4. The molecule has 1 fully saturated rings. The number of carboxylic acids is 1. The van der Waals surface area contributed by atoms with E-state index in [0.717, 1.165) is 44.5 Å². The first-order valence-electron chi connectivity index (χ1n) is 7.12. The summed E-state index contributed by atoms with van der Waals surface area (Å²) in [4.78, 5) is 11.6. The van der Waals surface area contributed by atoms with Crippen LogP contribution >= 0.6 is 11.8 Å². The van der Waals surface area contributed by atoms with Gasteiger partial charge in [0.2, 0.25) is 0 Å². The van der Waals surface area contributed by atoms with Gasteiger partial charge in [-0.1, -0.05) is 0 Å². The number of carboxylic acid groups (broad SMARTS) is 1. The molecule has 19 heavy (non-hydrogen) atoms. The maximum atomic E-state index is 11.6. The third kappa shape index (κ3) is 5.32. The minimum absolute atomic E-state index is 0.202. The summed E-state index contributed by atoms with van der Waals surface area (Å²) >= 11 is 1.90. The van der Waals surface area contributed by atoms with Crippen molar-refractivity contribution in [3.8, 4) is 0 Å². The summed E-state index contributed by atoms with van der Waals surface area (Å²) in [5, 5.41) is 13.3. The molecule has 0 radical (unpaired) electrons. The molecule has 4 nitrogen and oxygen atoms in total. The zero-order valence-electron chi connectivity index (χ0n) is 12.3. The Labute approximate surface area is 120 Å². The van der Waals surface area contributed by atoms with E-state index in [4.69, 9.17) is 4.74 Å². The molecule has 2 atom stereocenters. The number of rotatable bonds is 8. The summed E-state index contributed by atoms with van der Waals surface area (Å²) in [5.74, 6) is 0.360. The molecule has 0 aliphatic heterocycles. The van der Waals surface area contributed by atoms with Crippen molar-refractivity contribution in [3.63, 3.8) is 0 Å². The van der Waals surface area contributed by atoms with Gasteiger partial charge in [-0.05, 0) is 51.7 Å². The van der Waals surface area contributed by atoms with Crippen LogP contribution in [0.5, 0.6) is 0 Å². The van der Waals surface area contributed by atoms with Crippen molar-refractivity contribution in [2.45, 2.75) is 62.8 Å². The van der Waals surface area contributed by atoms with Crippen molar-refractivity contribution in [1.82, 2.24) is 5.32 Å². The third-order valence-corrected chi connectivity index (χ3v) is 4.92. The van der Waals surface area contributed by atoms with Crippen molar-refractivity contribution in [2.24, 2.45) is 0 Å². The Kier molecular flexibility index (Phi) is 7.18. The number of ether oxygens (including phenoxy) is 1. The second-order valence-corrected chi connectivity index (χ2v) is 7.03. The summed E-state index contributed by atoms with van der Waals surface area (Å²) in [7, 11) is 1.72. The lowest BCUT2D eigenvalue weighted by atomic mass is 9.81. The molecular formula is C14H27NO3S. The van der Waals surface area contributed by atoms with Gasteiger partial charge in [0.1, 0.15) is 5.54 Å². The highest BCUT2D eigenvalue weighted by Crippen LogP contribution is 2.36. The summed E-state index contributed by atoms with van der Waals surface area (Å²) in [6.07, 6.45) is 4.64. The van der Waals surface area contributed by atoms with Gasteiger partial charge in [-0.2, -0.15) is 11.8 Å². The Bertz CT molecular complexity index is 286. The zero-order chi connectivity index (χ0) is 14.3. The number of thioether (sulfide) groups is 1. The van der Waals surface area contributed by atoms with Crippen LogP contribution in [0.3, 0.4) is 0 Å². The molecule has 1 aliphatic carbocycles. The summed E-state index contributed by atoms with van der Waals surface area (Å²) in [6.45, 7) is 4.81. The molecule has 0 aromatic rings. The van der Waals surface area contributed by atoms with Crippen LogP contribution in [-0.2, 0) is 9.53 Å². The summed E-state index contributed by atoms with van der Waals surface area (Å²) in [5.41, 5.74) is -0.717. The Hall–Kier alpha value is -0.260. The molecule has 0 amide bonds. The molecule has 0 aromatic carbocycles. The Morgan fingerprint density at radius 1 is 1.58 bits per heavy atom. The molecule has 2 N–H and O–H groups in total. The van der Waals surface area contributed by atoms with Gasteiger partial charge in [0.15, 0.2) is 0 Å². The normalized spacial score (nSPS) is 27.7. The van der Waals surface area contributed by atoms with E-state index in [1.807, 2.05) is 25.6 Å². The van der Waals surface area contributed by atoms with Gasteiger partial charge in [-0.15, -0.1) is 0 Å². The van der Waals surface area contributed by atoms with Crippen LogP contribution in [0.4, 0.5) is 0 Å². The maximum Gasteiger partial charge on any atom is 0.323 e. The van der Waals surface area contributed by atoms with E-state index in [-0.39, 0.29) is 6.04 Å². The van der Waals surface area contributed by atoms with Crippen molar-refractivity contribution < 1.29 is 14.6 Å². The maximum absolute atomic E-state index is 11.6. The van der Waals surface area contributed by atoms with Gasteiger partial charge in [-0.25, -0.2) is 0 Å². The molecule has 112 valence electrons. The van der Waals surface area contributed by atoms with Crippen LogP contribution in [0.15, 0.2) is 0 Å². The summed E-state index contributed by atoms with van der Waals surface area (Å²) < 4.78 is 5.04. The van der Waals surface area contributed by atoms with Gasteiger partial charge >= 0.3 is 5.97 Å². The fourth-order valence-corrected chi connectivity index (χ4v) is 4.11. The van der Waals surface area contributed by atoms with E-state index >= 15 is 0 Å². The van der Waals surface area contributed by atoms with E-state index in [9.17, 15) is 9.90 Å². The van der Waals surface area contributed by atoms with Crippen LogP contribution in [0, 0.1) is 0 Å². The van der Waals surface area contributed by atoms with Crippen LogP contribution in [-0.4, -0.2) is 47.4 Å². The molecule has 0 heterocycles. The van der Waals surface area contributed by atoms with Gasteiger partial charge in [-0.3, -0.25) is 10.1 Å². The fraction of sp³-hybridized carbons (Fsp3) is 0.929. The van der Waals surface area contributed by atoms with Crippen molar-refractivity contribution >= 4 is 17.7 Å². The molecule has 2 unspecified atom stereocenters. The number of hydrogen-bond donors (Lipinski definition) is 2. The molecular weight excluding hydrogens is 262 g/mol. The van der Waals surface area contributed by atoms with Gasteiger partial charge < -0.3 is 9.84 Å². The monoisotopic (exact) mass is 289 g/mol. The molecule has 5 heteroatoms. The average molecular weight is 289 g/mol. The standard InChI is InChI=1S/C14H27NO3S/c1-11(2)15-14(13(16)17)7-4-6-12(10-14)19-9-5-8-18-3/h11-12,15H,4-10H2,1-3H3,(H,16,17). The first kappa shape index (κ1) is 16.8. The van der Waals surface area contributed by atoms with Gasteiger partial charge in [0.05, 0.1) is 0 Å². The van der Waals surface area contributed by atoms with E-state index in [2.05, 4.69) is 5.32 Å². The number of aliphatic carboxylic acids is 1. The van der Waals surface area contributed by atoms with E-state index in [1.165, 1.54) is 0 Å². The first-order valence-corrected chi connectivity index (χ1v) is 8.16. The Morgan fingerprint density at radius 3 is 2.89 bits per heavy atom.